The van der Waals surface area contributed by atoms with Crippen molar-refractivity contribution in [3.05, 3.63) is 65.0 Å². The Hall–Kier alpha value is -3.84. The number of aromatic nitrogens is 2. The molecule has 0 fully saturated rings. The minimum absolute atomic E-state index is 0.0995. The molecule has 0 spiro atoms. The van der Waals surface area contributed by atoms with E-state index in [9.17, 15) is 14.7 Å². The highest BCUT2D eigenvalue weighted by molar-refractivity contribution is 6.10. The van der Waals surface area contributed by atoms with Crippen molar-refractivity contribution in [3.63, 3.8) is 0 Å². The van der Waals surface area contributed by atoms with Crippen LogP contribution in [-0.4, -0.2) is 39.8 Å². The molecule has 1 atom stereocenters. The zero-order valence-corrected chi connectivity index (χ0v) is 21.2. The Balaban J connectivity index is 1.87. The first-order valence-corrected chi connectivity index (χ1v) is 12.2. The molecule has 1 N–H and O–H groups in total. The number of carbonyl (C=O) groups is 2. The van der Waals surface area contributed by atoms with E-state index in [0.717, 1.165) is 56.5 Å². The molecule has 0 radical (unpaired) electrons. The van der Waals surface area contributed by atoms with Crippen LogP contribution in [0.4, 0.5) is 0 Å². The number of ether oxygens (including phenoxy) is 2. The van der Waals surface area contributed by atoms with Gasteiger partial charge in [-0.1, -0.05) is 18.2 Å². The Bertz CT molecular complexity index is 1520. The minimum atomic E-state index is -0.682. The van der Waals surface area contributed by atoms with Crippen LogP contribution in [0.15, 0.2) is 42.6 Å². The number of methoxy groups -OCH3 is 1. The molecule has 0 saturated heterocycles. The van der Waals surface area contributed by atoms with Gasteiger partial charge in [0.15, 0.2) is 0 Å². The topological polar surface area (TPSA) is 82.7 Å². The Morgan fingerprint density at radius 2 is 1.92 bits per heavy atom. The molecule has 2 aromatic carbocycles. The molecular weight excluding hydrogens is 456 g/mol. The summed E-state index contributed by atoms with van der Waals surface area (Å²) < 4.78 is 15.0. The van der Waals surface area contributed by atoms with Crippen LogP contribution in [0, 0.1) is 6.92 Å². The predicted molar refractivity (Wildman–Crippen MR) is 139 cm³/mol. The third kappa shape index (κ3) is 3.54. The van der Waals surface area contributed by atoms with Gasteiger partial charge >= 0.3 is 5.97 Å². The van der Waals surface area contributed by atoms with Gasteiger partial charge in [0, 0.05) is 53.0 Å². The third-order valence-electron chi connectivity index (χ3n) is 7.09. The standard InChI is InChI=1S/C29H30N2O5/c1-6-36-29(34)27-26(23-15-31(18(4)33)24-10-8-7-9-20(23)24)16(2)30-12-11-19-13-21(17(3)32)25(35-5)14-22(19)28(27)30/h7-10,13-15,17,32H,6,11-12H2,1-5H3. The number of fused-ring (bicyclic) bond motifs is 4. The molecule has 4 aromatic rings. The summed E-state index contributed by atoms with van der Waals surface area (Å²) in [6.07, 6.45) is 1.89. The highest BCUT2D eigenvalue weighted by atomic mass is 16.5. The van der Waals surface area contributed by atoms with Gasteiger partial charge in [0.05, 0.1) is 36.6 Å². The summed E-state index contributed by atoms with van der Waals surface area (Å²) in [6, 6.07) is 11.6. The number of rotatable bonds is 5. The maximum absolute atomic E-state index is 13.6. The molecule has 3 heterocycles. The van der Waals surface area contributed by atoms with Crippen LogP contribution >= 0.6 is 0 Å². The average molecular weight is 487 g/mol. The van der Waals surface area contributed by atoms with Crippen molar-refractivity contribution in [2.75, 3.05) is 13.7 Å². The molecule has 36 heavy (non-hydrogen) atoms. The number of aryl methyl sites for hydroxylation is 1. The highest BCUT2D eigenvalue weighted by Gasteiger charge is 2.33. The first-order valence-electron chi connectivity index (χ1n) is 12.2. The molecule has 0 amide bonds. The SMILES string of the molecule is CCOC(=O)c1c(-c2cn(C(C)=O)c3ccccc23)c(C)n2c1-c1cc(OC)c(C(C)O)cc1CC2. The van der Waals surface area contributed by atoms with Crippen molar-refractivity contribution >= 4 is 22.8 Å². The molecule has 2 aromatic heterocycles. The molecule has 186 valence electrons. The quantitative estimate of drug-likeness (QED) is 0.375. The van der Waals surface area contributed by atoms with E-state index in [1.165, 1.54) is 6.92 Å². The summed E-state index contributed by atoms with van der Waals surface area (Å²) in [5.41, 5.74) is 7.21. The van der Waals surface area contributed by atoms with Crippen LogP contribution in [0.25, 0.3) is 33.3 Å². The van der Waals surface area contributed by atoms with Crippen LogP contribution < -0.4 is 4.74 Å². The van der Waals surface area contributed by atoms with Gasteiger partial charge < -0.3 is 19.1 Å². The third-order valence-corrected chi connectivity index (χ3v) is 7.09. The molecule has 0 saturated carbocycles. The lowest BCUT2D eigenvalue weighted by Crippen LogP contribution is -2.15. The molecule has 0 bridgehead atoms. The van der Waals surface area contributed by atoms with Gasteiger partial charge in [-0.25, -0.2) is 4.79 Å². The van der Waals surface area contributed by atoms with E-state index in [-0.39, 0.29) is 12.5 Å². The Kier molecular flexibility index (Phi) is 5.96. The fraction of sp³-hybridized carbons (Fsp3) is 0.310. The molecule has 7 nitrogen and oxygen atoms in total. The summed E-state index contributed by atoms with van der Waals surface area (Å²) in [5, 5.41) is 11.2. The van der Waals surface area contributed by atoms with Crippen LogP contribution in [0.1, 0.15) is 58.8 Å². The fourth-order valence-electron chi connectivity index (χ4n) is 5.47. The van der Waals surface area contributed by atoms with Gasteiger partial charge in [-0.05, 0) is 51.0 Å². The monoisotopic (exact) mass is 486 g/mol. The molecule has 1 aliphatic rings. The summed E-state index contributed by atoms with van der Waals surface area (Å²) in [6.45, 7) is 7.97. The Morgan fingerprint density at radius 3 is 2.58 bits per heavy atom. The van der Waals surface area contributed by atoms with Crippen molar-refractivity contribution in [1.82, 2.24) is 9.13 Å². The molecule has 1 aliphatic heterocycles. The number of esters is 1. The number of para-hydroxylation sites is 1. The summed E-state index contributed by atoms with van der Waals surface area (Å²) in [5.74, 6) is 0.0634. The molecule has 0 aliphatic carbocycles. The second kappa shape index (κ2) is 8.99. The van der Waals surface area contributed by atoms with E-state index in [1.807, 2.05) is 49.5 Å². The first-order chi connectivity index (χ1) is 17.3. The number of hydrogen-bond acceptors (Lipinski definition) is 5. The van der Waals surface area contributed by atoms with Crippen molar-refractivity contribution in [1.29, 1.82) is 0 Å². The largest absolute Gasteiger partial charge is 0.496 e. The number of benzene rings is 2. The maximum Gasteiger partial charge on any atom is 0.340 e. The van der Waals surface area contributed by atoms with Gasteiger partial charge in [0.2, 0.25) is 5.91 Å². The average Bonchev–Trinajstić information content (AvgIpc) is 3.39. The van der Waals surface area contributed by atoms with E-state index >= 15 is 0 Å². The molecule has 1 unspecified atom stereocenters. The van der Waals surface area contributed by atoms with Gasteiger partial charge in [-0.3, -0.25) is 9.36 Å². The zero-order valence-electron chi connectivity index (χ0n) is 21.2. The Morgan fingerprint density at radius 1 is 1.17 bits per heavy atom. The van der Waals surface area contributed by atoms with Crippen LogP contribution in [0.3, 0.4) is 0 Å². The highest BCUT2D eigenvalue weighted by Crippen LogP contribution is 2.46. The minimum Gasteiger partial charge on any atom is -0.496 e. The van der Waals surface area contributed by atoms with E-state index in [0.29, 0.717) is 17.9 Å². The number of aliphatic hydroxyl groups is 1. The van der Waals surface area contributed by atoms with Gasteiger partial charge in [0.1, 0.15) is 5.75 Å². The zero-order chi connectivity index (χ0) is 25.7. The van der Waals surface area contributed by atoms with Gasteiger partial charge in [-0.2, -0.15) is 0 Å². The van der Waals surface area contributed by atoms with E-state index in [4.69, 9.17) is 9.47 Å². The number of hydrogen-bond donors (Lipinski definition) is 1. The van der Waals surface area contributed by atoms with Crippen LogP contribution in [0.2, 0.25) is 0 Å². The molecule has 5 rings (SSSR count). The van der Waals surface area contributed by atoms with Crippen molar-refractivity contribution < 1.29 is 24.2 Å². The predicted octanol–water partition coefficient (Wildman–Crippen LogP) is 5.54. The number of carbonyl (C=O) groups excluding carboxylic acids is 2. The lowest BCUT2D eigenvalue weighted by atomic mass is 9.91. The van der Waals surface area contributed by atoms with E-state index in [2.05, 4.69) is 4.57 Å². The lowest BCUT2D eigenvalue weighted by Gasteiger charge is -2.24. The normalized spacial score (nSPS) is 13.3. The fourth-order valence-corrected chi connectivity index (χ4v) is 5.47. The maximum atomic E-state index is 13.6. The van der Waals surface area contributed by atoms with E-state index in [1.54, 1.807) is 25.5 Å². The molecule has 7 heteroatoms. The van der Waals surface area contributed by atoms with Crippen LogP contribution in [-0.2, 0) is 17.7 Å². The second-order valence-electron chi connectivity index (χ2n) is 9.18. The van der Waals surface area contributed by atoms with Crippen LogP contribution in [0.5, 0.6) is 5.75 Å². The summed E-state index contributed by atoms with van der Waals surface area (Å²) >= 11 is 0. The Labute approximate surface area is 209 Å². The van der Waals surface area contributed by atoms with Crippen molar-refractivity contribution in [2.24, 2.45) is 0 Å². The second-order valence-corrected chi connectivity index (χ2v) is 9.18. The van der Waals surface area contributed by atoms with Crippen molar-refractivity contribution in [2.45, 2.75) is 46.8 Å². The lowest BCUT2D eigenvalue weighted by molar-refractivity contribution is 0.0528. The summed E-state index contributed by atoms with van der Waals surface area (Å²) in [4.78, 5) is 26.0. The number of aliphatic hydroxyl groups excluding tert-OH is 1. The van der Waals surface area contributed by atoms with Crippen molar-refractivity contribution in [3.8, 4) is 28.1 Å². The number of nitrogens with zero attached hydrogens (tertiary/aromatic N) is 2. The first kappa shape index (κ1) is 23.9. The smallest absolute Gasteiger partial charge is 0.340 e. The van der Waals surface area contributed by atoms with Gasteiger partial charge in [0.25, 0.3) is 0 Å². The van der Waals surface area contributed by atoms with Gasteiger partial charge in [-0.15, -0.1) is 0 Å². The summed E-state index contributed by atoms with van der Waals surface area (Å²) in [7, 11) is 1.58. The van der Waals surface area contributed by atoms with E-state index < -0.39 is 12.1 Å². The molecular formula is C29H30N2O5.